The lowest BCUT2D eigenvalue weighted by Crippen LogP contribution is -2.37. The second kappa shape index (κ2) is 8.84. The zero-order valence-electron chi connectivity index (χ0n) is 18.3. The van der Waals surface area contributed by atoms with Crippen molar-refractivity contribution >= 4 is 28.3 Å². The number of hydrogen-bond donors (Lipinski definition) is 0. The number of ether oxygens (including phenoxy) is 1. The molecule has 1 fully saturated rings. The Balaban J connectivity index is 1.59. The lowest BCUT2D eigenvalue weighted by molar-refractivity contribution is 0.0508. The Morgan fingerprint density at radius 2 is 2.09 bits per heavy atom. The van der Waals surface area contributed by atoms with Crippen LogP contribution in [-0.2, 0) is 18.3 Å². The molecule has 7 heteroatoms. The van der Waals surface area contributed by atoms with Gasteiger partial charge >= 0.3 is 0 Å². The summed E-state index contributed by atoms with van der Waals surface area (Å²) in [5, 5.41) is 7.41. The molecule has 1 aromatic carbocycles. The Hall–Kier alpha value is -3.03. The highest BCUT2D eigenvalue weighted by Crippen LogP contribution is 2.30. The average molecular weight is 447 g/mol. The van der Waals surface area contributed by atoms with Gasteiger partial charge in [-0.15, -0.1) is 11.3 Å². The molecule has 5 rings (SSSR count). The molecule has 4 heterocycles. The molecule has 32 heavy (non-hydrogen) atoms. The number of benzene rings is 1. The Morgan fingerprint density at radius 3 is 2.81 bits per heavy atom. The van der Waals surface area contributed by atoms with E-state index in [0.717, 1.165) is 52.3 Å². The van der Waals surface area contributed by atoms with Crippen LogP contribution in [0.4, 0.5) is 0 Å². The third-order valence-corrected chi connectivity index (χ3v) is 6.82. The summed E-state index contributed by atoms with van der Waals surface area (Å²) in [4.78, 5) is 21.8. The van der Waals surface area contributed by atoms with Crippen molar-refractivity contribution in [3.05, 3.63) is 70.7 Å². The van der Waals surface area contributed by atoms with Crippen molar-refractivity contribution in [3.63, 3.8) is 0 Å². The summed E-state index contributed by atoms with van der Waals surface area (Å²) in [6, 6.07) is 16.1. The predicted molar refractivity (Wildman–Crippen MR) is 127 cm³/mol. The van der Waals surface area contributed by atoms with Crippen LogP contribution >= 0.6 is 11.3 Å². The molecule has 0 radical (unpaired) electrons. The SMILES string of the molecule is Cc1nn(C)c2nc(-c3cccs3)cc(C(=O)N(Cc3ccccc3)CC3CCCO3)c12. The molecule has 1 aliphatic heterocycles. The van der Waals surface area contributed by atoms with Gasteiger partial charge in [-0.05, 0) is 42.8 Å². The first kappa shape index (κ1) is 20.8. The van der Waals surface area contributed by atoms with Crippen LogP contribution in [0.5, 0.6) is 0 Å². The van der Waals surface area contributed by atoms with Gasteiger partial charge in [0.2, 0.25) is 0 Å². The number of rotatable bonds is 6. The van der Waals surface area contributed by atoms with Crippen LogP contribution in [0.3, 0.4) is 0 Å². The maximum atomic E-state index is 14.0. The molecule has 1 atom stereocenters. The standard InChI is InChI=1S/C25H26N4O2S/c1-17-23-20(14-21(22-11-7-13-32-22)26-24(23)28(2)27-17)25(30)29(16-19-10-6-12-31-19)15-18-8-4-3-5-9-18/h3-5,7-9,11,13-14,19H,6,10,12,15-16H2,1-2H3. The summed E-state index contributed by atoms with van der Waals surface area (Å²) in [6.07, 6.45) is 2.10. The Labute approximate surface area is 191 Å². The minimum absolute atomic E-state index is 0.00865. The lowest BCUT2D eigenvalue weighted by atomic mass is 10.1. The molecule has 1 aliphatic rings. The van der Waals surface area contributed by atoms with Crippen LogP contribution in [0.25, 0.3) is 21.6 Å². The Kier molecular flexibility index (Phi) is 5.76. The number of carbonyl (C=O) groups is 1. The number of hydrogen-bond acceptors (Lipinski definition) is 5. The minimum atomic E-state index is -0.00865. The highest BCUT2D eigenvalue weighted by molar-refractivity contribution is 7.13. The molecule has 1 saturated heterocycles. The fraction of sp³-hybridized carbons (Fsp3) is 0.320. The van der Waals surface area contributed by atoms with Gasteiger partial charge in [-0.3, -0.25) is 9.48 Å². The number of amides is 1. The van der Waals surface area contributed by atoms with Gasteiger partial charge in [-0.2, -0.15) is 5.10 Å². The zero-order chi connectivity index (χ0) is 22.1. The summed E-state index contributed by atoms with van der Waals surface area (Å²) in [7, 11) is 1.88. The van der Waals surface area contributed by atoms with E-state index in [1.807, 2.05) is 60.6 Å². The molecule has 4 aromatic rings. The van der Waals surface area contributed by atoms with Crippen molar-refractivity contribution in [1.82, 2.24) is 19.7 Å². The molecule has 3 aromatic heterocycles. The van der Waals surface area contributed by atoms with Gasteiger partial charge in [0.15, 0.2) is 5.65 Å². The topological polar surface area (TPSA) is 60.2 Å². The number of aryl methyl sites for hydroxylation is 2. The molecule has 0 saturated carbocycles. The van der Waals surface area contributed by atoms with Gasteiger partial charge < -0.3 is 9.64 Å². The van der Waals surface area contributed by atoms with Crippen LogP contribution < -0.4 is 0 Å². The number of pyridine rings is 1. The van der Waals surface area contributed by atoms with E-state index in [2.05, 4.69) is 17.2 Å². The number of aromatic nitrogens is 3. The molecule has 1 unspecified atom stereocenters. The van der Waals surface area contributed by atoms with Gasteiger partial charge in [-0.1, -0.05) is 36.4 Å². The highest BCUT2D eigenvalue weighted by Gasteiger charge is 2.27. The third-order valence-electron chi connectivity index (χ3n) is 5.92. The van der Waals surface area contributed by atoms with Crippen LogP contribution in [0.1, 0.15) is 34.5 Å². The quantitative estimate of drug-likeness (QED) is 0.426. The van der Waals surface area contributed by atoms with E-state index in [9.17, 15) is 4.79 Å². The number of nitrogens with zero attached hydrogens (tertiary/aromatic N) is 4. The average Bonchev–Trinajstić information content (AvgIpc) is 3.56. The highest BCUT2D eigenvalue weighted by atomic mass is 32.1. The first-order chi connectivity index (χ1) is 15.6. The van der Waals surface area contributed by atoms with Crippen molar-refractivity contribution in [2.75, 3.05) is 13.2 Å². The van der Waals surface area contributed by atoms with Crippen LogP contribution in [-0.4, -0.2) is 44.8 Å². The van der Waals surface area contributed by atoms with E-state index in [1.54, 1.807) is 16.0 Å². The molecule has 0 spiro atoms. The van der Waals surface area contributed by atoms with Crippen molar-refractivity contribution in [2.24, 2.45) is 7.05 Å². The van der Waals surface area contributed by atoms with Crippen LogP contribution in [0, 0.1) is 6.92 Å². The fourth-order valence-electron chi connectivity index (χ4n) is 4.39. The fourth-order valence-corrected chi connectivity index (χ4v) is 5.08. The first-order valence-electron chi connectivity index (χ1n) is 10.9. The van der Waals surface area contributed by atoms with E-state index < -0.39 is 0 Å². The number of thiophene rings is 1. The Morgan fingerprint density at radius 1 is 1.25 bits per heavy atom. The molecule has 6 nitrogen and oxygen atoms in total. The van der Waals surface area contributed by atoms with E-state index in [-0.39, 0.29) is 12.0 Å². The molecule has 0 aliphatic carbocycles. The molecule has 1 amide bonds. The second-order valence-corrected chi connectivity index (χ2v) is 9.19. The van der Waals surface area contributed by atoms with E-state index in [0.29, 0.717) is 18.7 Å². The van der Waals surface area contributed by atoms with Crippen LogP contribution in [0.15, 0.2) is 53.9 Å². The predicted octanol–water partition coefficient (Wildman–Crippen LogP) is 4.83. The summed E-state index contributed by atoms with van der Waals surface area (Å²) in [5.41, 5.74) is 4.10. The van der Waals surface area contributed by atoms with Gasteiger partial charge in [0.1, 0.15) is 0 Å². The van der Waals surface area contributed by atoms with Gasteiger partial charge in [0.25, 0.3) is 5.91 Å². The van der Waals surface area contributed by atoms with E-state index in [1.165, 1.54) is 0 Å². The second-order valence-electron chi connectivity index (χ2n) is 8.25. The van der Waals surface area contributed by atoms with Crippen molar-refractivity contribution < 1.29 is 9.53 Å². The zero-order valence-corrected chi connectivity index (χ0v) is 19.1. The third kappa shape index (κ3) is 4.06. The molecule has 0 N–H and O–H groups in total. The summed E-state index contributed by atoms with van der Waals surface area (Å²) < 4.78 is 7.65. The summed E-state index contributed by atoms with van der Waals surface area (Å²) in [6.45, 7) is 3.82. The van der Waals surface area contributed by atoms with Gasteiger partial charge in [-0.25, -0.2) is 4.98 Å². The Bertz CT molecular complexity index is 1230. The molecule has 164 valence electrons. The molecule has 0 bridgehead atoms. The first-order valence-corrected chi connectivity index (χ1v) is 11.8. The van der Waals surface area contributed by atoms with Crippen LogP contribution in [0.2, 0.25) is 0 Å². The van der Waals surface area contributed by atoms with E-state index >= 15 is 0 Å². The largest absolute Gasteiger partial charge is 0.376 e. The molecular weight excluding hydrogens is 420 g/mol. The minimum Gasteiger partial charge on any atom is -0.376 e. The summed E-state index contributed by atoms with van der Waals surface area (Å²) in [5.74, 6) is -0.00865. The van der Waals surface area contributed by atoms with Crippen molar-refractivity contribution in [1.29, 1.82) is 0 Å². The smallest absolute Gasteiger partial charge is 0.255 e. The van der Waals surface area contributed by atoms with Crippen molar-refractivity contribution in [3.8, 4) is 10.6 Å². The normalized spacial score (nSPS) is 16.0. The number of fused-ring (bicyclic) bond motifs is 1. The lowest BCUT2D eigenvalue weighted by Gasteiger charge is -2.26. The van der Waals surface area contributed by atoms with E-state index in [4.69, 9.17) is 9.72 Å². The summed E-state index contributed by atoms with van der Waals surface area (Å²) >= 11 is 1.62. The maximum absolute atomic E-state index is 14.0. The van der Waals surface area contributed by atoms with Gasteiger partial charge in [0, 0.05) is 26.7 Å². The molecular formula is C25H26N4O2S. The number of carbonyl (C=O) groups excluding carboxylic acids is 1. The van der Waals surface area contributed by atoms with Gasteiger partial charge in [0.05, 0.1) is 33.3 Å². The van der Waals surface area contributed by atoms with Crippen molar-refractivity contribution in [2.45, 2.75) is 32.4 Å². The monoisotopic (exact) mass is 446 g/mol. The maximum Gasteiger partial charge on any atom is 0.255 e.